The zero-order valence-electron chi connectivity index (χ0n) is 15.4. The normalized spacial score (nSPS) is 12.3. The summed E-state index contributed by atoms with van der Waals surface area (Å²) in [5.41, 5.74) is -1.54. The van der Waals surface area contributed by atoms with Gasteiger partial charge in [0.2, 0.25) is 5.95 Å². The Kier molecular flexibility index (Phi) is 5.30. The third-order valence-electron chi connectivity index (χ3n) is 4.12. The van der Waals surface area contributed by atoms with Gasteiger partial charge in [0.1, 0.15) is 10.5 Å². The Morgan fingerprint density at radius 1 is 0.969 bits per heavy atom. The summed E-state index contributed by atoms with van der Waals surface area (Å²) in [6.07, 6.45) is -2.50. The predicted molar refractivity (Wildman–Crippen MR) is 103 cm³/mol. The Hall–Kier alpha value is -3.23. The van der Waals surface area contributed by atoms with E-state index in [9.17, 15) is 30.4 Å². The van der Waals surface area contributed by atoms with Crippen LogP contribution in [-0.2, 0) is 16.3 Å². The number of halogens is 5. The van der Waals surface area contributed by atoms with Crippen molar-refractivity contribution in [3.63, 3.8) is 0 Å². The van der Waals surface area contributed by atoms with Crippen LogP contribution in [0.3, 0.4) is 0 Å². The molecule has 0 saturated heterocycles. The second kappa shape index (κ2) is 7.72. The van der Waals surface area contributed by atoms with Gasteiger partial charge in [-0.05, 0) is 36.4 Å². The Labute approximate surface area is 180 Å². The molecule has 0 aliphatic carbocycles. The summed E-state index contributed by atoms with van der Waals surface area (Å²) < 4.78 is 99.2. The van der Waals surface area contributed by atoms with Crippen molar-refractivity contribution in [1.29, 1.82) is 0 Å². The molecule has 7 nitrogen and oxygen atoms in total. The van der Waals surface area contributed by atoms with Crippen LogP contribution >= 0.6 is 11.3 Å². The average molecular weight is 488 g/mol. The van der Waals surface area contributed by atoms with E-state index in [4.69, 9.17) is 4.55 Å². The van der Waals surface area contributed by atoms with Gasteiger partial charge in [0.05, 0.1) is 16.3 Å². The van der Waals surface area contributed by atoms with Crippen molar-refractivity contribution >= 4 is 21.5 Å². The first-order chi connectivity index (χ1) is 14.9. The van der Waals surface area contributed by atoms with E-state index in [-0.39, 0.29) is 21.2 Å². The summed E-state index contributed by atoms with van der Waals surface area (Å²) in [6.45, 7) is 0. The van der Waals surface area contributed by atoms with Crippen molar-refractivity contribution < 1.29 is 34.9 Å². The summed E-state index contributed by atoms with van der Waals surface area (Å²) in [7, 11) is -4.42. The number of aromatic nitrogens is 4. The fourth-order valence-electron chi connectivity index (χ4n) is 2.65. The molecule has 32 heavy (non-hydrogen) atoms. The molecule has 0 aliphatic rings. The van der Waals surface area contributed by atoms with Crippen molar-refractivity contribution in [2.24, 2.45) is 0 Å². The third-order valence-corrected chi connectivity index (χ3v) is 6.55. The minimum Gasteiger partial charge on any atom is -0.281 e. The Morgan fingerprint density at radius 2 is 1.72 bits per heavy atom. The molecule has 0 unspecified atom stereocenters. The minimum absolute atomic E-state index is 0.102. The number of rotatable bonds is 4. The molecular weight excluding hydrogens is 479 g/mol. The van der Waals surface area contributed by atoms with Crippen LogP contribution in [0.4, 0.5) is 22.0 Å². The van der Waals surface area contributed by atoms with E-state index in [0.29, 0.717) is 28.3 Å². The van der Waals surface area contributed by atoms with Crippen LogP contribution in [0.5, 0.6) is 0 Å². The van der Waals surface area contributed by atoms with Gasteiger partial charge in [0.25, 0.3) is 0 Å². The Morgan fingerprint density at radius 3 is 2.34 bits per heavy atom. The van der Waals surface area contributed by atoms with Crippen LogP contribution < -0.4 is 0 Å². The smallest absolute Gasteiger partial charge is 0.281 e. The van der Waals surface area contributed by atoms with Crippen LogP contribution in [0.15, 0.2) is 53.1 Å². The van der Waals surface area contributed by atoms with Gasteiger partial charge in [-0.15, -0.1) is 11.3 Å². The van der Waals surface area contributed by atoms with E-state index in [1.807, 2.05) is 0 Å². The average Bonchev–Trinajstić information content (AvgIpc) is 3.38. The molecule has 0 bridgehead atoms. The molecule has 3 aromatic heterocycles. The predicted octanol–water partition coefficient (Wildman–Crippen LogP) is 4.60. The second-order valence-electron chi connectivity index (χ2n) is 6.32. The van der Waals surface area contributed by atoms with Gasteiger partial charge in [0, 0.05) is 11.8 Å². The first-order valence-electron chi connectivity index (χ1n) is 8.45. The summed E-state index contributed by atoms with van der Waals surface area (Å²) in [5, 5.41) is 0. The molecule has 4 rings (SSSR count). The maximum Gasteiger partial charge on any atom is 0.433 e. The van der Waals surface area contributed by atoms with Crippen molar-refractivity contribution in [1.82, 2.24) is 19.5 Å². The van der Waals surface area contributed by atoms with Gasteiger partial charge in [0.15, 0.2) is 17.3 Å². The molecule has 0 spiro atoms. The van der Waals surface area contributed by atoms with Crippen molar-refractivity contribution in [3.8, 4) is 27.8 Å². The molecule has 1 N–H and O–H groups in total. The van der Waals surface area contributed by atoms with Crippen molar-refractivity contribution in [2.45, 2.75) is 10.4 Å². The molecule has 0 saturated carbocycles. The molecule has 0 fully saturated rings. The van der Waals surface area contributed by atoms with E-state index < -0.39 is 39.6 Å². The summed E-state index contributed by atoms with van der Waals surface area (Å²) in [6, 6.07) is 5.66. The molecule has 1 aromatic carbocycles. The van der Waals surface area contributed by atoms with Crippen LogP contribution in [0.1, 0.15) is 5.69 Å². The highest BCUT2D eigenvalue weighted by atomic mass is 32.3. The van der Waals surface area contributed by atoms with Gasteiger partial charge < -0.3 is 0 Å². The number of alkyl halides is 3. The van der Waals surface area contributed by atoms with Gasteiger partial charge in [-0.1, -0.05) is 0 Å². The van der Waals surface area contributed by atoms with E-state index in [1.165, 1.54) is 12.3 Å². The lowest BCUT2D eigenvalue weighted by atomic mass is 10.1. The molecule has 3 heterocycles. The van der Waals surface area contributed by atoms with Crippen LogP contribution in [-0.4, -0.2) is 32.5 Å². The topological polar surface area (TPSA) is 98.0 Å². The van der Waals surface area contributed by atoms with Gasteiger partial charge in [-0.25, -0.2) is 23.7 Å². The van der Waals surface area contributed by atoms with Crippen LogP contribution in [0.25, 0.3) is 27.8 Å². The molecule has 0 atom stereocenters. The zero-order chi connectivity index (χ0) is 23.3. The molecule has 0 radical (unpaired) electrons. The first-order valence-corrected chi connectivity index (χ1v) is 10.7. The first kappa shape index (κ1) is 22.0. The summed E-state index contributed by atoms with van der Waals surface area (Å²) in [5.74, 6) is -2.88. The van der Waals surface area contributed by atoms with Gasteiger partial charge in [-0.3, -0.25) is 9.12 Å². The van der Waals surface area contributed by atoms with Gasteiger partial charge in [-0.2, -0.15) is 21.6 Å². The highest BCUT2D eigenvalue weighted by Crippen LogP contribution is 2.33. The Balaban J connectivity index is 1.80. The standard InChI is InChI=1S/C18H9F5N4O3S2/c19-10-2-1-9(5-11(10)20)12-6-15(18(21,22)23)26-17(25-12)27-7-13(24-8-27)14-3-4-16(31-14)32(28,29)30/h1-8H,(H,28,29,30). The van der Waals surface area contributed by atoms with E-state index in [1.54, 1.807) is 0 Å². The summed E-state index contributed by atoms with van der Waals surface area (Å²) in [4.78, 5) is 11.8. The van der Waals surface area contributed by atoms with Crippen LogP contribution in [0, 0.1) is 11.6 Å². The molecule has 166 valence electrons. The Bertz CT molecular complexity index is 1430. The number of nitrogens with zero attached hydrogens (tertiary/aromatic N) is 4. The zero-order valence-corrected chi connectivity index (χ0v) is 17.0. The lowest BCUT2D eigenvalue weighted by Crippen LogP contribution is -2.12. The van der Waals surface area contributed by atoms with Gasteiger partial charge >= 0.3 is 16.3 Å². The monoisotopic (exact) mass is 488 g/mol. The van der Waals surface area contributed by atoms with Crippen molar-refractivity contribution in [3.05, 3.63) is 66.3 Å². The fourth-order valence-corrected chi connectivity index (χ4v) is 4.28. The maximum absolute atomic E-state index is 13.6. The minimum atomic E-state index is -4.85. The van der Waals surface area contributed by atoms with E-state index in [2.05, 4.69) is 15.0 Å². The molecular formula is C18H9F5N4O3S2. The number of hydrogen-bond acceptors (Lipinski definition) is 6. The molecule has 0 amide bonds. The van der Waals surface area contributed by atoms with Crippen molar-refractivity contribution in [2.75, 3.05) is 0 Å². The molecule has 0 aliphatic heterocycles. The number of thiophene rings is 1. The SMILES string of the molecule is O=S(=O)(O)c1ccc(-c2cn(-c3nc(-c4ccc(F)c(F)c4)cc(C(F)(F)F)n3)cn2)s1. The number of hydrogen-bond donors (Lipinski definition) is 1. The molecule has 4 aromatic rings. The maximum atomic E-state index is 13.6. The fraction of sp³-hybridized carbons (Fsp3) is 0.0556. The third kappa shape index (κ3) is 4.37. The van der Waals surface area contributed by atoms with Crippen LogP contribution in [0.2, 0.25) is 0 Å². The largest absolute Gasteiger partial charge is 0.433 e. The summed E-state index contributed by atoms with van der Waals surface area (Å²) >= 11 is 0.700. The molecule has 14 heteroatoms. The number of imidazole rings is 1. The second-order valence-corrected chi connectivity index (χ2v) is 9.06. The highest BCUT2D eigenvalue weighted by Gasteiger charge is 2.34. The number of benzene rings is 1. The highest BCUT2D eigenvalue weighted by molar-refractivity contribution is 7.88. The quantitative estimate of drug-likeness (QED) is 0.333. The lowest BCUT2D eigenvalue weighted by molar-refractivity contribution is -0.141. The van der Waals surface area contributed by atoms with E-state index in [0.717, 1.165) is 29.1 Å². The van der Waals surface area contributed by atoms with E-state index >= 15 is 0 Å². The lowest BCUT2D eigenvalue weighted by Gasteiger charge is -2.11.